The second-order valence-corrected chi connectivity index (χ2v) is 12.5. The Bertz CT molecular complexity index is 1350. The minimum atomic E-state index is -1.13. The molecule has 2 unspecified atom stereocenters. The molecule has 1 saturated heterocycles. The van der Waals surface area contributed by atoms with E-state index >= 15 is 0 Å². The molecule has 4 aliphatic rings. The fourth-order valence-corrected chi connectivity index (χ4v) is 6.36. The van der Waals surface area contributed by atoms with Crippen molar-refractivity contribution in [1.82, 2.24) is 20.2 Å². The number of alkyl carbamates (subject to hydrolysis) is 1. The van der Waals surface area contributed by atoms with E-state index in [1.807, 2.05) is 32.9 Å². The summed E-state index contributed by atoms with van der Waals surface area (Å²) in [5, 5.41) is 12.8. The van der Waals surface area contributed by atoms with E-state index in [9.17, 15) is 19.5 Å². The molecule has 2 saturated carbocycles. The molecular weight excluding hydrogens is 516 g/mol. The number of aliphatic carboxylic acids is 1. The number of methoxy groups -OCH3 is 1. The van der Waals surface area contributed by atoms with Crippen LogP contribution in [0.3, 0.4) is 0 Å². The molecule has 3 heterocycles. The Morgan fingerprint density at radius 3 is 2.60 bits per heavy atom. The first-order chi connectivity index (χ1) is 19.0. The Morgan fingerprint density at radius 1 is 1.12 bits per heavy atom. The van der Waals surface area contributed by atoms with Crippen LogP contribution in [0.2, 0.25) is 0 Å². The summed E-state index contributed by atoms with van der Waals surface area (Å²) in [6.45, 7) is 5.54. The zero-order chi connectivity index (χ0) is 28.3. The number of nitrogens with zero attached hydrogens (tertiary/aromatic N) is 3. The summed E-state index contributed by atoms with van der Waals surface area (Å²) in [6, 6.07) is 3.43. The number of carboxylic acid groups (broad SMARTS) is 1. The molecule has 2 bridgehead atoms. The van der Waals surface area contributed by atoms with Crippen LogP contribution >= 0.6 is 0 Å². The summed E-state index contributed by atoms with van der Waals surface area (Å²) in [5.74, 6) is 0.773. The molecular formula is C29H36N4O7. The number of aryl methyl sites for hydroxylation is 1. The fourth-order valence-electron chi connectivity index (χ4n) is 6.36. The first-order valence-corrected chi connectivity index (χ1v) is 14.1. The standard InChI is InChI=1S/C29H36N4O7/c1-29(2,3)24-26(34)33-13-15(12-20(33)27(35)36)39-25-18(30-17-10-9-14(38-4)11-19(17)31-25)8-6-5-7-16-21-22(16)23(21)40-28(37)32-24/h9-11,15-16,20-24H,5-8,12-13H2,1-4H3,(H,32,37)(H,35,36)/t15-,16?,20+,21-,22?,23+,24-/m1/s1. The lowest BCUT2D eigenvalue weighted by Crippen LogP contribution is -2.57. The number of hydrogen-bond acceptors (Lipinski definition) is 8. The van der Waals surface area contributed by atoms with E-state index in [0.717, 1.165) is 30.5 Å². The molecule has 2 aliphatic heterocycles. The van der Waals surface area contributed by atoms with Crippen LogP contribution in [0.25, 0.3) is 11.0 Å². The molecule has 2 N–H and O–H groups in total. The first-order valence-electron chi connectivity index (χ1n) is 14.1. The highest BCUT2D eigenvalue weighted by Crippen LogP contribution is 2.71. The molecule has 11 nitrogen and oxygen atoms in total. The van der Waals surface area contributed by atoms with Crippen LogP contribution in [-0.2, 0) is 20.7 Å². The van der Waals surface area contributed by atoms with Gasteiger partial charge in [-0.2, -0.15) is 0 Å². The summed E-state index contributed by atoms with van der Waals surface area (Å²) >= 11 is 0. The molecule has 7 atom stereocenters. The highest BCUT2D eigenvalue weighted by molar-refractivity contribution is 5.90. The third-order valence-corrected chi connectivity index (χ3v) is 8.75. The van der Waals surface area contributed by atoms with Crippen LogP contribution in [0, 0.1) is 23.2 Å². The van der Waals surface area contributed by atoms with Crippen molar-refractivity contribution in [1.29, 1.82) is 0 Å². The average Bonchev–Trinajstić information content (AvgIpc) is 3.75. The summed E-state index contributed by atoms with van der Waals surface area (Å²) < 4.78 is 17.3. The van der Waals surface area contributed by atoms with Crippen molar-refractivity contribution in [3.05, 3.63) is 23.9 Å². The lowest BCUT2D eigenvalue weighted by Gasteiger charge is -2.34. The van der Waals surface area contributed by atoms with Gasteiger partial charge in [0.15, 0.2) is 0 Å². The van der Waals surface area contributed by atoms with E-state index < -0.39 is 41.6 Å². The number of rotatable bonds is 2. The van der Waals surface area contributed by atoms with E-state index in [2.05, 4.69) is 5.32 Å². The number of carbonyl (C=O) groups excluding carboxylic acids is 2. The molecule has 2 amide bonds. The minimum absolute atomic E-state index is 0.0465. The molecule has 2 aromatic rings. The molecule has 40 heavy (non-hydrogen) atoms. The van der Waals surface area contributed by atoms with Gasteiger partial charge in [-0.3, -0.25) is 4.79 Å². The lowest BCUT2D eigenvalue weighted by molar-refractivity contribution is -0.150. The topological polar surface area (TPSA) is 140 Å². The Kier molecular flexibility index (Phi) is 6.50. The maximum absolute atomic E-state index is 13.8. The van der Waals surface area contributed by atoms with Gasteiger partial charge in [0, 0.05) is 24.3 Å². The van der Waals surface area contributed by atoms with Crippen LogP contribution in [0.15, 0.2) is 18.2 Å². The van der Waals surface area contributed by atoms with E-state index in [1.165, 1.54) is 4.90 Å². The van der Waals surface area contributed by atoms with E-state index in [-0.39, 0.29) is 19.1 Å². The monoisotopic (exact) mass is 552 g/mol. The van der Waals surface area contributed by atoms with Crippen molar-refractivity contribution in [2.24, 2.45) is 23.2 Å². The quantitative estimate of drug-likeness (QED) is 0.575. The van der Waals surface area contributed by atoms with Gasteiger partial charge in [0.05, 0.1) is 24.7 Å². The number of aromatic nitrogens is 2. The SMILES string of the molecule is COc1ccc2nc3c(nc2c1)O[C@@H]1C[C@@H](C(=O)O)N(C1)C(=O)[C@H](C(C)(C)C)NC(=O)O[C@@H]1C2C(CCCC3)[C@H]21. The van der Waals surface area contributed by atoms with Crippen molar-refractivity contribution in [3.8, 4) is 11.6 Å². The summed E-state index contributed by atoms with van der Waals surface area (Å²) in [4.78, 5) is 49.7. The number of hydrogen-bond donors (Lipinski definition) is 2. The van der Waals surface area contributed by atoms with Gasteiger partial charge in [-0.1, -0.05) is 27.2 Å². The van der Waals surface area contributed by atoms with Gasteiger partial charge in [-0.05, 0) is 42.7 Å². The maximum atomic E-state index is 13.8. The lowest BCUT2D eigenvalue weighted by atomic mass is 9.85. The van der Waals surface area contributed by atoms with Gasteiger partial charge in [-0.25, -0.2) is 19.6 Å². The molecule has 6 rings (SSSR count). The van der Waals surface area contributed by atoms with Crippen LogP contribution in [0.5, 0.6) is 11.6 Å². The molecule has 3 fully saturated rings. The predicted molar refractivity (Wildman–Crippen MR) is 143 cm³/mol. The van der Waals surface area contributed by atoms with Gasteiger partial charge in [0.2, 0.25) is 11.8 Å². The zero-order valence-corrected chi connectivity index (χ0v) is 23.3. The largest absolute Gasteiger partial charge is 0.497 e. The molecule has 1 aromatic carbocycles. The number of nitrogens with one attached hydrogen (secondary N) is 1. The van der Waals surface area contributed by atoms with Crippen LogP contribution < -0.4 is 14.8 Å². The first kappa shape index (κ1) is 26.6. The molecule has 2 aliphatic carbocycles. The van der Waals surface area contributed by atoms with Crippen LogP contribution in [0.1, 0.15) is 52.1 Å². The van der Waals surface area contributed by atoms with Crippen molar-refractivity contribution in [3.63, 3.8) is 0 Å². The molecule has 0 radical (unpaired) electrons. The molecule has 0 spiro atoms. The normalized spacial score (nSPS) is 32.0. The number of fused-ring (bicyclic) bond motifs is 6. The third-order valence-electron chi connectivity index (χ3n) is 8.75. The van der Waals surface area contributed by atoms with E-state index in [4.69, 9.17) is 24.2 Å². The highest BCUT2D eigenvalue weighted by atomic mass is 16.6. The van der Waals surface area contributed by atoms with Crippen LogP contribution in [0.4, 0.5) is 4.79 Å². The van der Waals surface area contributed by atoms with Crippen LogP contribution in [-0.4, -0.2) is 75.9 Å². The van der Waals surface area contributed by atoms with Crippen molar-refractivity contribution in [2.45, 2.75) is 77.2 Å². The summed E-state index contributed by atoms with van der Waals surface area (Å²) in [6.07, 6.45) is 2.40. The maximum Gasteiger partial charge on any atom is 0.408 e. The zero-order valence-electron chi connectivity index (χ0n) is 23.3. The number of ether oxygens (including phenoxy) is 3. The number of carboxylic acids is 1. The van der Waals surface area contributed by atoms with Gasteiger partial charge < -0.3 is 29.5 Å². The Hall–Kier alpha value is -3.63. The molecule has 1 aromatic heterocycles. The Morgan fingerprint density at radius 2 is 1.90 bits per heavy atom. The van der Waals surface area contributed by atoms with Crippen molar-refractivity contribution in [2.75, 3.05) is 13.7 Å². The fraction of sp³-hybridized carbons (Fsp3) is 0.621. The summed E-state index contributed by atoms with van der Waals surface area (Å²) in [5.41, 5.74) is 1.38. The molecule has 214 valence electrons. The number of benzene rings is 1. The smallest absolute Gasteiger partial charge is 0.408 e. The van der Waals surface area contributed by atoms with Gasteiger partial charge in [-0.15, -0.1) is 0 Å². The predicted octanol–water partition coefficient (Wildman–Crippen LogP) is 3.18. The number of carbonyl (C=O) groups is 3. The van der Waals surface area contributed by atoms with Crippen molar-refractivity contribution < 1.29 is 33.7 Å². The van der Waals surface area contributed by atoms with Gasteiger partial charge in [0.25, 0.3) is 0 Å². The average molecular weight is 553 g/mol. The van der Waals surface area contributed by atoms with E-state index in [0.29, 0.717) is 41.3 Å². The summed E-state index contributed by atoms with van der Waals surface area (Å²) in [7, 11) is 1.58. The Labute approximate surface area is 232 Å². The van der Waals surface area contributed by atoms with Gasteiger partial charge in [0.1, 0.15) is 35.7 Å². The highest BCUT2D eigenvalue weighted by Gasteiger charge is 2.75. The van der Waals surface area contributed by atoms with E-state index in [1.54, 1.807) is 13.2 Å². The van der Waals surface area contributed by atoms with Crippen molar-refractivity contribution >= 4 is 29.0 Å². The second-order valence-electron chi connectivity index (χ2n) is 12.5. The number of amides is 2. The Balaban J connectivity index is 1.33. The van der Waals surface area contributed by atoms with Gasteiger partial charge >= 0.3 is 12.1 Å². The molecule has 11 heteroatoms. The third kappa shape index (κ3) is 4.90. The minimum Gasteiger partial charge on any atom is -0.497 e. The second kappa shape index (κ2) is 9.78.